The molecule has 100 valence electrons. The second-order valence-corrected chi connectivity index (χ2v) is 4.57. The molecule has 2 heterocycles. The molecule has 1 amide bonds. The maximum Gasteiger partial charge on any atom is 0.260 e. The van der Waals surface area contributed by atoms with E-state index in [-0.39, 0.29) is 19.1 Å². The fourth-order valence-electron chi connectivity index (χ4n) is 2.12. The molecule has 1 aromatic rings. The first kappa shape index (κ1) is 12.9. The second kappa shape index (κ2) is 5.86. The zero-order chi connectivity index (χ0) is 13.0. The van der Waals surface area contributed by atoms with E-state index < -0.39 is 0 Å². The van der Waals surface area contributed by atoms with Crippen molar-refractivity contribution in [2.45, 2.75) is 19.8 Å². The van der Waals surface area contributed by atoms with Crippen LogP contribution >= 0.6 is 0 Å². The number of nitrogens with zero attached hydrogens (tertiary/aromatic N) is 2. The summed E-state index contributed by atoms with van der Waals surface area (Å²) in [4.78, 5) is 13.6. The predicted molar refractivity (Wildman–Crippen MR) is 63.1 cm³/mol. The first-order valence-electron chi connectivity index (χ1n) is 6.14. The number of carbonyl (C=O) groups excluding carboxylic acids is 1. The highest BCUT2D eigenvalue weighted by Gasteiger charge is 2.26. The summed E-state index contributed by atoms with van der Waals surface area (Å²) in [5.41, 5.74) is 0. The van der Waals surface area contributed by atoms with Crippen molar-refractivity contribution in [3.8, 4) is 5.88 Å². The monoisotopic (exact) mass is 254 g/mol. The van der Waals surface area contributed by atoms with Crippen molar-refractivity contribution < 1.29 is 19.2 Å². The Morgan fingerprint density at radius 2 is 2.56 bits per heavy atom. The van der Waals surface area contributed by atoms with Crippen molar-refractivity contribution in [2.24, 2.45) is 5.92 Å². The maximum atomic E-state index is 11.9. The molecule has 1 saturated heterocycles. The average molecular weight is 254 g/mol. The number of carbonyl (C=O) groups is 1. The molecule has 0 aromatic carbocycles. The van der Waals surface area contributed by atoms with Crippen LogP contribution in [-0.4, -0.2) is 47.4 Å². The van der Waals surface area contributed by atoms with Crippen molar-refractivity contribution in [1.82, 2.24) is 10.1 Å². The molecule has 1 unspecified atom stereocenters. The largest absolute Gasteiger partial charge is 0.465 e. The number of amides is 1. The first-order chi connectivity index (χ1) is 8.69. The standard InChI is InChI=1S/C12H18N2O4/c1-9-6-11(13-18-9)17-8-12(16)14-4-2-10(7-14)3-5-15/h6,10,15H,2-5,7-8H2,1H3. The Balaban J connectivity index is 1.75. The maximum absolute atomic E-state index is 11.9. The summed E-state index contributed by atoms with van der Waals surface area (Å²) in [5, 5.41) is 12.5. The first-order valence-corrected chi connectivity index (χ1v) is 6.14. The minimum absolute atomic E-state index is 0.0161. The quantitative estimate of drug-likeness (QED) is 0.832. The molecule has 1 aliphatic rings. The van der Waals surface area contributed by atoms with Crippen molar-refractivity contribution in [3.63, 3.8) is 0 Å². The molecule has 0 spiro atoms. The third kappa shape index (κ3) is 3.22. The number of aryl methyl sites for hydroxylation is 1. The van der Waals surface area contributed by atoms with Crippen LogP contribution in [0.25, 0.3) is 0 Å². The third-order valence-electron chi connectivity index (χ3n) is 3.13. The van der Waals surface area contributed by atoms with Crippen LogP contribution in [0.4, 0.5) is 0 Å². The van der Waals surface area contributed by atoms with Gasteiger partial charge in [-0.1, -0.05) is 0 Å². The van der Waals surface area contributed by atoms with Gasteiger partial charge in [-0.25, -0.2) is 0 Å². The number of aliphatic hydroxyl groups excluding tert-OH is 1. The lowest BCUT2D eigenvalue weighted by Crippen LogP contribution is -2.33. The number of hydrogen-bond acceptors (Lipinski definition) is 5. The van der Waals surface area contributed by atoms with E-state index in [0.29, 0.717) is 24.1 Å². The van der Waals surface area contributed by atoms with Gasteiger partial charge in [-0.3, -0.25) is 4.79 Å². The van der Waals surface area contributed by atoms with Crippen LogP contribution in [0.1, 0.15) is 18.6 Å². The van der Waals surface area contributed by atoms with E-state index in [1.54, 1.807) is 17.9 Å². The summed E-state index contributed by atoms with van der Waals surface area (Å²) >= 11 is 0. The minimum Gasteiger partial charge on any atom is -0.465 e. The summed E-state index contributed by atoms with van der Waals surface area (Å²) in [6.07, 6.45) is 1.71. The summed E-state index contributed by atoms with van der Waals surface area (Å²) < 4.78 is 10.1. The smallest absolute Gasteiger partial charge is 0.260 e. The van der Waals surface area contributed by atoms with Crippen LogP contribution in [-0.2, 0) is 4.79 Å². The zero-order valence-corrected chi connectivity index (χ0v) is 10.5. The molecule has 2 rings (SSSR count). The van der Waals surface area contributed by atoms with Gasteiger partial charge in [0.2, 0.25) is 0 Å². The highest BCUT2D eigenvalue weighted by Crippen LogP contribution is 2.19. The van der Waals surface area contributed by atoms with Gasteiger partial charge in [0.15, 0.2) is 6.61 Å². The number of hydrogen-bond donors (Lipinski definition) is 1. The molecule has 0 aliphatic carbocycles. The van der Waals surface area contributed by atoms with Gasteiger partial charge in [-0.2, -0.15) is 0 Å². The van der Waals surface area contributed by atoms with E-state index in [4.69, 9.17) is 14.4 Å². The number of aliphatic hydroxyl groups is 1. The van der Waals surface area contributed by atoms with Crippen molar-refractivity contribution in [3.05, 3.63) is 11.8 Å². The molecular formula is C12H18N2O4. The lowest BCUT2D eigenvalue weighted by atomic mass is 10.1. The number of likely N-dealkylation sites (tertiary alicyclic amines) is 1. The molecule has 1 fully saturated rings. The van der Waals surface area contributed by atoms with Gasteiger partial charge in [0.25, 0.3) is 11.8 Å². The summed E-state index contributed by atoms with van der Waals surface area (Å²) in [7, 11) is 0. The van der Waals surface area contributed by atoms with Gasteiger partial charge in [-0.05, 0) is 30.8 Å². The highest BCUT2D eigenvalue weighted by atomic mass is 16.5. The van der Waals surface area contributed by atoms with Gasteiger partial charge in [0.05, 0.1) is 0 Å². The molecule has 0 bridgehead atoms. The van der Waals surface area contributed by atoms with Crippen molar-refractivity contribution in [2.75, 3.05) is 26.3 Å². The Labute approximate surface area is 106 Å². The van der Waals surface area contributed by atoms with Gasteiger partial charge in [-0.15, -0.1) is 0 Å². The lowest BCUT2D eigenvalue weighted by molar-refractivity contribution is -0.132. The molecule has 0 saturated carbocycles. The van der Waals surface area contributed by atoms with Crippen LogP contribution in [0.3, 0.4) is 0 Å². The topological polar surface area (TPSA) is 75.8 Å². The van der Waals surface area contributed by atoms with E-state index in [9.17, 15) is 4.79 Å². The predicted octanol–water partition coefficient (Wildman–Crippen LogP) is 0.593. The SMILES string of the molecule is Cc1cc(OCC(=O)N2CCC(CCO)C2)no1. The van der Waals surface area contributed by atoms with Gasteiger partial charge >= 0.3 is 0 Å². The summed E-state index contributed by atoms with van der Waals surface area (Å²) in [6, 6.07) is 1.64. The Hall–Kier alpha value is -1.56. The van der Waals surface area contributed by atoms with Crippen molar-refractivity contribution in [1.29, 1.82) is 0 Å². The molecule has 1 N–H and O–H groups in total. The van der Waals surface area contributed by atoms with E-state index in [2.05, 4.69) is 5.16 Å². The number of aromatic nitrogens is 1. The van der Waals surface area contributed by atoms with Crippen LogP contribution in [0.2, 0.25) is 0 Å². The van der Waals surface area contributed by atoms with E-state index in [1.165, 1.54) is 0 Å². The molecule has 18 heavy (non-hydrogen) atoms. The average Bonchev–Trinajstić information content (AvgIpc) is 2.96. The molecule has 6 nitrogen and oxygen atoms in total. The van der Waals surface area contributed by atoms with Gasteiger partial charge in [0.1, 0.15) is 5.76 Å². The molecular weight excluding hydrogens is 236 g/mol. The number of rotatable bonds is 5. The van der Waals surface area contributed by atoms with Crippen molar-refractivity contribution >= 4 is 5.91 Å². The number of ether oxygens (including phenoxy) is 1. The van der Waals surface area contributed by atoms with Gasteiger partial charge < -0.3 is 19.3 Å². The van der Waals surface area contributed by atoms with Crippen LogP contribution in [0.15, 0.2) is 10.6 Å². The normalized spacial score (nSPS) is 19.2. The fourth-order valence-corrected chi connectivity index (χ4v) is 2.12. The Morgan fingerprint density at radius 3 is 3.22 bits per heavy atom. The molecule has 1 aliphatic heterocycles. The van der Waals surface area contributed by atoms with E-state index >= 15 is 0 Å². The Morgan fingerprint density at radius 1 is 1.72 bits per heavy atom. The molecule has 6 heteroatoms. The zero-order valence-electron chi connectivity index (χ0n) is 10.5. The van der Waals surface area contributed by atoms with Crippen LogP contribution < -0.4 is 4.74 Å². The second-order valence-electron chi connectivity index (χ2n) is 4.57. The Kier molecular flexibility index (Phi) is 4.19. The lowest BCUT2D eigenvalue weighted by Gasteiger charge is -2.15. The summed E-state index contributed by atoms with van der Waals surface area (Å²) in [5.74, 6) is 1.36. The van der Waals surface area contributed by atoms with E-state index in [1.807, 2.05) is 0 Å². The Bertz CT molecular complexity index is 405. The van der Waals surface area contributed by atoms with Crippen LogP contribution in [0.5, 0.6) is 5.88 Å². The third-order valence-corrected chi connectivity index (χ3v) is 3.13. The highest BCUT2D eigenvalue weighted by molar-refractivity contribution is 5.78. The summed E-state index contributed by atoms with van der Waals surface area (Å²) in [6.45, 7) is 3.38. The fraction of sp³-hybridized carbons (Fsp3) is 0.667. The molecule has 0 radical (unpaired) electrons. The van der Waals surface area contributed by atoms with Gasteiger partial charge in [0, 0.05) is 25.8 Å². The van der Waals surface area contributed by atoms with Crippen LogP contribution in [0, 0.1) is 12.8 Å². The molecule has 1 atom stereocenters. The molecule has 1 aromatic heterocycles. The minimum atomic E-state index is -0.0453. The van der Waals surface area contributed by atoms with E-state index in [0.717, 1.165) is 19.4 Å².